The van der Waals surface area contributed by atoms with Gasteiger partial charge in [0.1, 0.15) is 6.33 Å². The third kappa shape index (κ3) is 2.85. The molecule has 0 saturated carbocycles. The standard InChI is InChI=1S/C12H19N7O/c1-11(2,12(3,4)20)18-9-15-8(13)16-10(17-9)19-6-5-14-7-19/h5-7,20H,1-4H3,(H3,13,15,16,17,18). The highest BCUT2D eigenvalue weighted by atomic mass is 16.3. The molecular weight excluding hydrogens is 258 g/mol. The van der Waals surface area contributed by atoms with E-state index in [0.717, 1.165) is 0 Å². The Morgan fingerprint density at radius 2 is 1.90 bits per heavy atom. The number of nitrogens with one attached hydrogen (secondary N) is 1. The molecule has 0 bridgehead atoms. The molecule has 0 aliphatic rings. The Morgan fingerprint density at radius 1 is 1.20 bits per heavy atom. The molecule has 0 saturated heterocycles. The number of aromatic nitrogens is 5. The molecule has 2 heterocycles. The highest BCUT2D eigenvalue weighted by Crippen LogP contribution is 2.24. The lowest BCUT2D eigenvalue weighted by Gasteiger charge is -2.37. The second-order valence-electron chi connectivity index (χ2n) is 5.60. The lowest BCUT2D eigenvalue weighted by atomic mass is 9.86. The topological polar surface area (TPSA) is 115 Å². The van der Waals surface area contributed by atoms with Crippen LogP contribution in [0.2, 0.25) is 0 Å². The highest BCUT2D eigenvalue weighted by molar-refractivity contribution is 5.38. The number of rotatable bonds is 4. The van der Waals surface area contributed by atoms with Gasteiger partial charge in [-0.1, -0.05) is 0 Å². The molecule has 0 aromatic carbocycles. The van der Waals surface area contributed by atoms with Gasteiger partial charge in [0.15, 0.2) is 0 Å². The monoisotopic (exact) mass is 277 g/mol. The molecule has 8 nitrogen and oxygen atoms in total. The van der Waals surface area contributed by atoms with E-state index >= 15 is 0 Å². The number of nitrogen functional groups attached to an aromatic ring is 1. The average molecular weight is 277 g/mol. The van der Waals surface area contributed by atoms with Crippen LogP contribution in [-0.4, -0.2) is 40.7 Å². The van der Waals surface area contributed by atoms with Crippen LogP contribution >= 0.6 is 0 Å². The second-order valence-corrected chi connectivity index (χ2v) is 5.60. The molecule has 0 aliphatic carbocycles. The van der Waals surface area contributed by atoms with Gasteiger partial charge in [-0.3, -0.25) is 4.57 Å². The zero-order chi connectivity index (χ0) is 15.0. The van der Waals surface area contributed by atoms with Gasteiger partial charge in [0.2, 0.25) is 17.8 Å². The van der Waals surface area contributed by atoms with E-state index in [1.165, 1.54) is 0 Å². The number of nitrogens with two attached hydrogens (primary N) is 1. The van der Waals surface area contributed by atoms with Gasteiger partial charge in [0.05, 0.1) is 11.1 Å². The predicted molar refractivity (Wildman–Crippen MR) is 75.4 cm³/mol. The minimum absolute atomic E-state index is 0.0951. The van der Waals surface area contributed by atoms with E-state index in [4.69, 9.17) is 5.73 Å². The summed E-state index contributed by atoms with van der Waals surface area (Å²) in [5.41, 5.74) is 4.08. The molecule has 0 radical (unpaired) electrons. The van der Waals surface area contributed by atoms with Gasteiger partial charge < -0.3 is 16.2 Å². The summed E-state index contributed by atoms with van der Waals surface area (Å²) < 4.78 is 1.63. The summed E-state index contributed by atoms with van der Waals surface area (Å²) >= 11 is 0. The summed E-state index contributed by atoms with van der Waals surface area (Å²) in [6.07, 6.45) is 4.90. The van der Waals surface area contributed by atoms with Gasteiger partial charge in [0, 0.05) is 12.4 Å². The van der Waals surface area contributed by atoms with Gasteiger partial charge in [-0.2, -0.15) is 15.0 Å². The van der Waals surface area contributed by atoms with Crippen LogP contribution in [0, 0.1) is 0 Å². The fourth-order valence-electron chi connectivity index (χ4n) is 1.36. The van der Waals surface area contributed by atoms with Crippen molar-refractivity contribution in [1.82, 2.24) is 24.5 Å². The molecule has 0 amide bonds. The lowest BCUT2D eigenvalue weighted by Crippen LogP contribution is -2.51. The van der Waals surface area contributed by atoms with Crippen molar-refractivity contribution in [1.29, 1.82) is 0 Å². The minimum atomic E-state index is -0.969. The third-order valence-electron chi connectivity index (χ3n) is 3.33. The first-order chi connectivity index (χ1) is 9.19. The summed E-state index contributed by atoms with van der Waals surface area (Å²) in [5.74, 6) is 0.759. The molecular formula is C12H19N7O. The normalized spacial score (nSPS) is 12.4. The summed E-state index contributed by atoms with van der Waals surface area (Å²) in [6, 6.07) is 0. The number of nitrogens with zero attached hydrogens (tertiary/aromatic N) is 5. The van der Waals surface area contributed by atoms with E-state index in [0.29, 0.717) is 11.9 Å². The van der Waals surface area contributed by atoms with Crippen molar-refractivity contribution in [3.8, 4) is 5.95 Å². The highest BCUT2D eigenvalue weighted by Gasteiger charge is 2.35. The quantitative estimate of drug-likeness (QED) is 0.749. The maximum atomic E-state index is 10.1. The zero-order valence-electron chi connectivity index (χ0n) is 12.0. The Morgan fingerprint density at radius 3 is 2.45 bits per heavy atom. The maximum Gasteiger partial charge on any atom is 0.241 e. The minimum Gasteiger partial charge on any atom is -0.388 e. The second kappa shape index (κ2) is 4.71. The molecule has 2 aromatic heterocycles. The molecule has 2 aromatic rings. The molecule has 0 atom stereocenters. The van der Waals surface area contributed by atoms with Crippen molar-refractivity contribution >= 4 is 11.9 Å². The lowest BCUT2D eigenvalue weighted by molar-refractivity contribution is 0.0237. The number of aliphatic hydroxyl groups is 1. The SMILES string of the molecule is CC(C)(O)C(C)(C)Nc1nc(N)nc(-n2ccnc2)n1. The van der Waals surface area contributed by atoms with Gasteiger partial charge in [-0.15, -0.1) is 0 Å². The molecule has 2 rings (SSSR count). The van der Waals surface area contributed by atoms with Gasteiger partial charge in [0.25, 0.3) is 0 Å². The van der Waals surface area contributed by atoms with E-state index in [2.05, 4.69) is 25.3 Å². The van der Waals surface area contributed by atoms with Crippen LogP contribution in [0.5, 0.6) is 0 Å². The maximum absolute atomic E-state index is 10.1. The van der Waals surface area contributed by atoms with E-state index in [1.54, 1.807) is 37.1 Å². The smallest absolute Gasteiger partial charge is 0.241 e. The fourth-order valence-corrected chi connectivity index (χ4v) is 1.36. The largest absolute Gasteiger partial charge is 0.388 e. The molecule has 0 aliphatic heterocycles. The molecule has 0 fully saturated rings. The molecule has 8 heteroatoms. The van der Waals surface area contributed by atoms with Gasteiger partial charge in [-0.25, -0.2) is 4.98 Å². The molecule has 0 spiro atoms. The first kappa shape index (κ1) is 14.2. The number of anilines is 2. The first-order valence-electron chi connectivity index (χ1n) is 6.19. The summed E-state index contributed by atoms with van der Waals surface area (Å²) in [5, 5.41) is 13.2. The number of hydrogen-bond acceptors (Lipinski definition) is 7. The Hall–Kier alpha value is -2.22. The van der Waals surface area contributed by atoms with Crippen molar-refractivity contribution in [2.24, 2.45) is 0 Å². The summed E-state index contributed by atoms with van der Waals surface area (Å²) in [6.45, 7) is 7.12. The molecule has 20 heavy (non-hydrogen) atoms. The van der Waals surface area contributed by atoms with Crippen LogP contribution in [0.4, 0.5) is 11.9 Å². The van der Waals surface area contributed by atoms with Crippen LogP contribution in [0.15, 0.2) is 18.7 Å². The van der Waals surface area contributed by atoms with Crippen LogP contribution in [0.1, 0.15) is 27.7 Å². The van der Waals surface area contributed by atoms with Crippen molar-refractivity contribution in [3.63, 3.8) is 0 Å². The Kier molecular flexibility index (Phi) is 3.34. The predicted octanol–water partition coefficient (Wildman–Crippen LogP) is 0.601. The van der Waals surface area contributed by atoms with E-state index in [9.17, 15) is 5.11 Å². The van der Waals surface area contributed by atoms with Crippen molar-refractivity contribution in [2.75, 3.05) is 11.1 Å². The first-order valence-corrected chi connectivity index (χ1v) is 6.19. The van der Waals surface area contributed by atoms with Gasteiger partial charge in [-0.05, 0) is 27.7 Å². The summed E-state index contributed by atoms with van der Waals surface area (Å²) in [7, 11) is 0. The van der Waals surface area contributed by atoms with Gasteiger partial charge >= 0.3 is 0 Å². The Labute approximate surface area is 117 Å². The van der Waals surface area contributed by atoms with Crippen LogP contribution in [0.3, 0.4) is 0 Å². The zero-order valence-corrected chi connectivity index (χ0v) is 12.0. The Balaban J connectivity index is 2.34. The summed E-state index contributed by atoms with van der Waals surface area (Å²) in [4.78, 5) is 16.3. The van der Waals surface area contributed by atoms with E-state index in [-0.39, 0.29) is 5.95 Å². The van der Waals surface area contributed by atoms with E-state index < -0.39 is 11.1 Å². The average Bonchev–Trinajstić information content (AvgIpc) is 2.78. The molecule has 0 unspecified atom stereocenters. The van der Waals surface area contributed by atoms with E-state index in [1.807, 2.05) is 13.8 Å². The molecule has 4 N–H and O–H groups in total. The third-order valence-corrected chi connectivity index (χ3v) is 3.33. The Bertz CT molecular complexity index is 586. The number of hydrogen-bond donors (Lipinski definition) is 3. The van der Waals surface area contributed by atoms with Crippen molar-refractivity contribution in [2.45, 2.75) is 38.8 Å². The van der Waals surface area contributed by atoms with Crippen molar-refractivity contribution < 1.29 is 5.11 Å². The van der Waals surface area contributed by atoms with Crippen LogP contribution < -0.4 is 11.1 Å². The number of imidazole rings is 1. The van der Waals surface area contributed by atoms with Crippen LogP contribution in [0.25, 0.3) is 5.95 Å². The molecule has 108 valence electrons. The van der Waals surface area contributed by atoms with Crippen LogP contribution in [-0.2, 0) is 0 Å². The fraction of sp³-hybridized carbons (Fsp3) is 0.500. The van der Waals surface area contributed by atoms with Crippen molar-refractivity contribution in [3.05, 3.63) is 18.7 Å².